The molecule has 6 heteroatoms. The molecule has 1 fully saturated rings. The fourth-order valence-electron chi connectivity index (χ4n) is 4.06. The van der Waals surface area contributed by atoms with Crippen LogP contribution in [0.4, 0.5) is 5.69 Å². The zero-order valence-electron chi connectivity index (χ0n) is 16.6. The maximum absolute atomic E-state index is 13.2. The molecule has 2 aliphatic rings. The lowest BCUT2D eigenvalue weighted by Gasteiger charge is -2.37. The maximum atomic E-state index is 13.2. The number of amides is 2. The lowest BCUT2D eigenvalue weighted by molar-refractivity contribution is 0.0548. The van der Waals surface area contributed by atoms with Crippen LogP contribution in [-0.2, 0) is 0 Å². The topological polar surface area (TPSA) is 67.9 Å². The van der Waals surface area contributed by atoms with Gasteiger partial charge in [-0.15, -0.1) is 0 Å². The Bertz CT molecular complexity index is 912. The predicted molar refractivity (Wildman–Crippen MR) is 111 cm³/mol. The molecule has 1 atom stereocenters. The standard InChI is InChI=1S/C23H26N2O4/c1-2-28-20-9-4-3-8-18(20)22(26)24-16-10-11-21-19(15-16)23(27)25-13-6-5-7-17(25)12-14-29-21/h3-4,8-11,15,17H,2,5-7,12-14H2,1H3,(H,24,26). The average molecular weight is 394 g/mol. The van der Waals surface area contributed by atoms with E-state index in [1.165, 1.54) is 0 Å². The molecule has 1 unspecified atom stereocenters. The number of ether oxygens (including phenoxy) is 2. The molecule has 2 aliphatic heterocycles. The number of fused-ring (bicyclic) bond motifs is 2. The normalized spacial score (nSPS) is 18.6. The zero-order valence-corrected chi connectivity index (χ0v) is 16.6. The second-order valence-electron chi connectivity index (χ2n) is 7.38. The van der Waals surface area contributed by atoms with Crippen LogP contribution < -0.4 is 14.8 Å². The smallest absolute Gasteiger partial charge is 0.259 e. The van der Waals surface area contributed by atoms with E-state index >= 15 is 0 Å². The fourth-order valence-corrected chi connectivity index (χ4v) is 4.06. The van der Waals surface area contributed by atoms with Gasteiger partial charge in [-0.1, -0.05) is 12.1 Å². The Morgan fingerprint density at radius 3 is 2.93 bits per heavy atom. The largest absolute Gasteiger partial charge is 0.493 e. The number of rotatable bonds is 4. The van der Waals surface area contributed by atoms with Gasteiger partial charge in [0.1, 0.15) is 11.5 Å². The Morgan fingerprint density at radius 1 is 1.21 bits per heavy atom. The van der Waals surface area contributed by atoms with Crippen molar-refractivity contribution in [3.05, 3.63) is 53.6 Å². The van der Waals surface area contributed by atoms with E-state index in [1.54, 1.807) is 36.4 Å². The molecule has 29 heavy (non-hydrogen) atoms. The summed E-state index contributed by atoms with van der Waals surface area (Å²) in [6.07, 6.45) is 4.06. The van der Waals surface area contributed by atoms with E-state index in [0.717, 1.165) is 32.2 Å². The number of para-hydroxylation sites is 1. The lowest BCUT2D eigenvalue weighted by Crippen LogP contribution is -2.45. The molecule has 6 nitrogen and oxygen atoms in total. The Kier molecular flexibility index (Phi) is 5.69. The highest BCUT2D eigenvalue weighted by molar-refractivity contribution is 6.07. The molecule has 1 saturated heterocycles. The molecule has 2 aromatic carbocycles. The number of nitrogens with one attached hydrogen (secondary N) is 1. The number of nitrogens with zero attached hydrogens (tertiary/aromatic N) is 1. The van der Waals surface area contributed by atoms with Crippen molar-refractivity contribution in [2.75, 3.05) is 25.1 Å². The number of piperidine rings is 1. The molecule has 2 aromatic rings. The lowest BCUT2D eigenvalue weighted by atomic mass is 9.97. The van der Waals surface area contributed by atoms with Crippen molar-refractivity contribution in [1.82, 2.24) is 4.90 Å². The van der Waals surface area contributed by atoms with Crippen molar-refractivity contribution < 1.29 is 19.1 Å². The summed E-state index contributed by atoms with van der Waals surface area (Å²) >= 11 is 0. The van der Waals surface area contributed by atoms with Gasteiger partial charge in [0.25, 0.3) is 11.8 Å². The van der Waals surface area contributed by atoms with Crippen molar-refractivity contribution in [2.45, 2.75) is 38.6 Å². The highest BCUT2D eigenvalue weighted by atomic mass is 16.5. The van der Waals surface area contributed by atoms with Crippen LogP contribution in [0.15, 0.2) is 42.5 Å². The number of hydrogen-bond donors (Lipinski definition) is 1. The number of hydrogen-bond acceptors (Lipinski definition) is 4. The minimum Gasteiger partial charge on any atom is -0.493 e. The Labute approximate surface area is 170 Å². The Morgan fingerprint density at radius 2 is 2.07 bits per heavy atom. The second-order valence-corrected chi connectivity index (χ2v) is 7.38. The van der Waals surface area contributed by atoms with Gasteiger partial charge in [0, 0.05) is 24.7 Å². The van der Waals surface area contributed by atoms with E-state index in [2.05, 4.69) is 5.32 Å². The van der Waals surface area contributed by atoms with E-state index in [4.69, 9.17) is 9.47 Å². The third-order valence-corrected chi connectivity index (χ3v) is 5.50. The van der Waals surface area contributed by atoms with Crippen LogP contribution in [0.5, 0.6) is 11.5 Å². The fraction of sp³-hybridized carbons (Fsp3) is 0.391. The average Bonchev–Trinajstić information content (AvgIpc) is 2.74. The predicted octanol–water partition coefficient (Wildman–Crippen LogP) is 4.11. The van der Waals surface area contributed by atoms with E-state index in [9.17, 15) is 9.59 Å². The summed E-state index contributed by atoms with van der Waals surface area (Å²) < 4.78 is 11.4. The molecule has 4 rings (SSSR count). The van der Waals surface area contributed by atoms with Crippen LogP contribution >= 0.6 is 0 Å². The highest BCUT2D eigenvalue weighted by Gasteiger charge is 2.31. The summed E-state index contributed by atoms with van der Waals surface area (Å²) in [4.78, 5) is 27.9. The number of carbonyl (C=O) groups excluding carboxylic acids is 2. The van der Waals surface area contributed by atoms with Crippen LogP contribution in [0.1, 0.15) is 53.3 Å². The molecule has 152 valence electrons. The second kappa shape index (κ2) is 8.55. The van der Waals surface area contributed by atoms with Gasteiger partial charge in [0.05, 0.1) is 24.3 Å². The SMILES string of the molecule is CCOc1ccccc1C(=O)Nc1ccc2c(c1)C(=O)N1CCCCC1CCO2. The van der Waals surface area contributed by atoms with Gasteiger partial charge in [-0.3, -0.25) is 9.59 Å². The summed E-state index contributed by atoms with van der Waals surface area (Å²) in [5, 5.41) is 2.89. The van der Waals surface area contributed by atoms with Gasteiger partial charge < -0.3 is 19.7 Å². The van der Waals surface area contributed by atoms with Crippen molar-refractivity contribution in [2.24, 2.45) is 0 Å². The van der Waals surface area contributed by atoms with Crippen LogP contribution in [-0.4, -0.2) is 42.5 Å². The first kappa shape index (κ1) is 19.3. The van der Waals surface area contributed by atoms with Gasteiger partial charge in [-0.05, 0) is 56.5 Å². The first-order chi connectivity index (χ1) is 14.2. The molecular weight excluding hydrogens is 368 g/mol. The van der Waals surface area contributed by atoms with E-state index in [1.807, 2.05) is 17.9 Å². The number of anilines is 1. The summed E-state index contributed by atoms with van der Waals surface area (Å²) in [6, 6.07) is 12.6. The molecule has 0 aromatic heterocycles. The van der Waals surface area contributed by atoms with E-state index in [0.29, 0.717) is 41.5 Å². The summed E-state index contributed by atoms with van der Waals surface area (Å²) in [7, 11) is 0. The van der Waals surface area contributed by atoms with Crippen LogP contribution in [0.2, 0.25) is 0 Å². The van der Waals surface area contributed by atoms with Crippen molar-refractivity contribution in [3.8, 4) is 11.5 Å². The van der Waals surface area contributed by atoms with Crippen molar-refractivity contribution in [3.63, 3.8) is 0 Å². The zero-order chi connectivity index (χ0) is 20.2. The van der Waals surface area contributed by atoms with Gasteiger partial charge in [-0.2, -0.15) is 0 Å². The minimum absolute atomic E-state index is 0.0183. The summed E-state index contributed by atoms with van der Waals surface area (Å²) in [6.45, 7) is 3.73. The van der Waals surface area contributed by atoms with Gasteiger partial charge in [0.15, 0.2) is 0 Å². The molecule has 0 radical (unpaired) electrons. The van der Waals surface area contributed by atoms with E-state index in [-0.39, 0.29) is 17.9 Å². The maximum Gasteiger partial charge on any atom is 0.259 e. The first-order valence-corrected chi connectivity index (χ1v) is 10.3. The first-order valence-electron chi connectivity index (χ1n) is 10.3. The molecule has 1 N–H and O–H groups in total. The molecule has 0 aliphatic carbocycles. The minimum atomic E-state index is -0.274. The number of benzene rings is 2. The van der Waals surface area contributed by atoms with Crippen molar-refractivity contribution >= 4 is 17.5 Å². The van der Waals surface area contributed by atoms with E-state index < -0.39 is 0 Å². The third-order valence-electron chi connectivity index (χ3n) is 5.50. The van der Waals surface area contributed by atoms with Crippen molar-refractivity contribution in [1.29, 1.82) is 0 Å². The number of carbonyl (C=O) groups is 2. The molecule has 2 heterocycles. The quantitative estimate of drug-likeness (QED) is 0.847. The van der Waals surface area contributed by atoms with Crippen LogP contribution in [0, 0.1) is 0 Å². The monoisotopic (exact) mass is 394 g/mol. The van der Waals surface area contributed by atoms with Crippen LogP contribution in [0.3, 0.4) is 0 Å². The summed E-state index contributed by atoms with van der Waals surface area (Å²) in [5.74, 6) is 0.820. The molecule has 2 amide bonds. The Hall–Kier alpha value is -3.02. The van der Waals surface area contributed by atoms with Gasteiger partial charge in [-0.25, -0.2) is 0 Å². The molecule has 0 bridgehead atoms. The molecule has 0 saturated carbocycles. The van der Waals surface area contributed by atoms with Gasteiger partial charge in [0.2, 0.25) is 0 Å². The van der Waals surface area contributed by atoms with Gasteiger partial charge >= 0.3 is 0 Å². The molecular formula is C23H26N2O4. The highest BCUT2D eigenvalue weighted by Crippen LogP contribution is 2.31. The Balaban J connectivity index is 1.59. The van der Waals surface area contributed by atoms with Crippen LogP contribution in [0.25, 0.3) is 0 Å². The summed E-state index contributed by atoms with van der Waals surface area (Å²) in [5.41, 5.74) is 1.53. The third kappa shape index (κ3) is 4.06. The molecule has 0 spiro atoms.